The lowest BCUT2D eigenvalue weighted by molar-refractivity contribution is -0.141. The summed E-state index contributed by atoms with van der Waals surface area (Å²) in [5, 5.41) is 8.85. The largest absolute Gasteiger partial charge is 0.490 e. The van der Waals surface area contributed by atoms with E-state index in [0.717, 1.165) is 30.8 Å². The number of halogens is 5. The molecule has 1 aliphatic heterocycles. The van der Waals surface area contributed by atoms with Gasteiger partial charge < -0.3 is 14.7 Å². The number of hydrogen-bond acceptors (Lipinski definition) is 4. The van der Waals surface area contributed by atoms with Crippen LogP contribution in [0.25, 0.3) is 0 Å². The summed E-state index contributed by atoms with van der Waals surface area (Å²) in [4.78, 5) is 16.2. The zero-order valence-electron chi connectivity index (χ0n) is 14.3. The minimum absolute atomic E-state index is 0.00145. The highest BCUT2D eigenvalue weighted by Crippen LogP contribution is 2.32. The average molecular weight is 419 g/mol. The maximum Gasteiger partial charge on any atom is 0.433 e. The van der Waals surface area contributed by atoms with Gasteiger partial charge in [0.2, 0.25) is 0 Å². The Kier molecular flexibility index (Phi) is 5.64. The normalized spacial score (nSPS) is 17.0. The molecule has 2 heterocycles. The van der Waals surface area contributed by atoms with Gasteiger partial charge in [-0.3, -0.25) is 0 Å². The average Bonchev–Trinajstić information content (AvgIpc) is 3.09. The van der Waals surface area contributed by atoms with Crippen LogP contribution in [0.3, 0.4) is 0 Å². The number of alkyl halides is 3. The fraction of sp³-hybridized carbons (Fsp3) is 0.333. The van der Waals surface area contributed by atoms with Crippen LogP contribution in [0.1, 0.15) is 28.9 Å². The lowest BCUT2D eigenvalue weighted by atomic mass is 10.2. The van der Waals surface area contributed by atoms with Gasteiger partial charge in [0, 0.05) is 12.6 Å². The number of carboxylic acids is 1. The molecule has 0 spiro atoms. The van der Waals surface area contributed by atoms with E-state index in [1.807, 2.05) is 4.90 Å². The molecular formula is C18H15ClF4N2O3. The number of pyridine rings is 1. The fourth-order valence-electron chi connectivity index (χ4n) is 3.06. The predicted molar refractivity (Wildman–Crippen MR) is 93.5 cm³/mol. The second kappa shape index (κ2) is 7.83. The summed E-state index contributed by atoms with van der Waals surface area (Å²) in [5.41, 5.74) is -1.00. The van der Waals surface area contributed by atoms with Crippen molar-refractivity contribution >= 4 is 23.3 Å². The third-order valence-corrected chi connectivity index (χ3v) is 4.73. The van der Waals surface area contributed by atoms with E-state index in [2.05, 4.69) is 4.98 Å². The van der Waals surface area contributed by atoms with Gasteiger partial charge in [0.05, 0.1) is 28.5 Å². The Balaban J connectivity index is 1.71. The molecule has 5 nitrogen and oxygen atoms in total. The minimum atomic E-state index is -4.50. The first kappa shape index (κ1) is 20.2. The molecule has 10 heteroatoms. The van der Waals surface area contributed by atoms with Crippen molar-refractivity contribution in [2.24, 2.45) is 0 Å². The van der Waals surface area contributed by atoms with Gasteiger partial charge in [0.15, 0.2) is 0 Å². The van der Waals surface area contributed by atoms with E-state index in [4.69, 9.17) is 21.4 Å². The van der Waals surface area contributed by atoms with Crippen molar-refractivity contribution < 1.29 is 32.2 Å². The quantitative estimate of drug-likeness (QED) is 0.717. The highest BCUT2D eigenvalue weighted by molar-refractivity contribution is 6.32. The van der Waals surface area contributed by atoms with Gasteiger partial charge in [-0.1, -0.05) is 11.6 Å². The Labute approximate surface area is 162 Å². The molecule has 1 fully saturated rings. The molecule has 1 N–H and O–H groups in total. The number of carbonyl (C=O) groups is 1. The fourth-order valence-corrected chi connectivity index (χ4v) is 3.28. The molecule has 0 aliphatic carbocycles. The van der Waals surface area contributed by atoms with E-state index in [1.165, 1.54) is 6.07 Å². The van der Waals surface area contributed by atoms with E-state index in [-0.39, 0.29) is 23.4 Å². The van der Waals surface area contributed by atoms with Crippen molar-refractivity contribution in [3.05, 3.63) is 52.6 Å². The zero-order chi connectivity index (χ0) is 20.5. The monoisotopic (exact) mass is 418 g/mol. The van der Waals surface area contributed by atoms with Crippen LogP contribution in [0, 0.1) is 5.82 Å². The molecule has 0 bridgehead atoms. The molecule has 0 saturated carbocycles. The van der Waals surface area contributed by atoms with E-state index in [1.54, 1.807) is 0 Å². The topological polar surface area (TPSA) is 62.7 Å². The Hall–Kier alpha value is -2.55. The number of aromatic carboxylic acids is 1. The minimum Gasteiger partial charge on any atom is -0.490 e. The summed E-state index contributed by atoms with van der Waals surface area (Å²) in [7, 11) is 0. The SMILES string of the molecule is O=C(O)c1cc(Cl)c(OC[C@H]2CCCN2c2ccc(C(F)(F)F)nc2)cc1F. The third kappa shape index (κ3) is 4.30. The molecule has 2 aromatic rings. The van der Waals surface area contributed by atoms with Crippen molar-refractivity contribution in [1.29, 1.82) is 0 Å². The first-order valence-electron chi connectivity index (χ1n) is 8.32. The van der Waals surface area contributed by atoms with Crippen LogP contribution in [0.4, 0.5) is 23.2 Å². The van der Waals surface area contributed by atoms with Gasteiger partial charge >= 0.3 is 12.1 Å². The summed E-state index contributed by atoms with van der Waals surface area (Å²) < 4.78 is 57.4. The molecule has 1 aromatic heterocycles. The molecule has 3 rings (SSSR count). The van der Waals surface area contributed by atoms with Gasteiger partial charge in [0.1, 0.15) is 23.9 Å². The number of rotatable bonds is 5. The van der Waals surface area contributed by atoms with Crippen LogP contribution in [-0.2, 0) is 6.18 Å². The van der Waals surface area contributed by atoms with Crippen LogP contribution in [0.2, 0.25) is 5.02 Å². The third-order valence-electron chi connectivity index (χ3n) is 4.43. The lowest BCUT2D eigenvalue weighted by Crippen LogP contribution is -2.34. The Morgan fingerprint density at radius 2 is 2.11 bits per heavy atom. The Bertz CT molecular complexity index is 874. The van der Waals surface area contributed by atoms with E-state index < -0.39 is 29.2 Å². The summed E-state index contributed by atoms with van der Waals surface area (Å²) >= 11 is 5.96. The van der Waals surface area contributed by atoms with E-state index in [9.17, 15) is 22.4 Å². The van der Waals surface area contributed by atoms with Crippen LogP contribution in [0.5, 0.6) is 5.75 Å². The van der Waals surface area contributed by atoms with Crippen molar-refractivity contribution in [2.45, 2.75) is 25.1 Å². The van der Waals surface area contributed by atoms with Crippen LogP contribution >= 0.6 is 11.6 Å². The van der Waals surface area contributed by atoms with Gasteiger partial charge in [-0.25, -0.2) is 14.2 Å². The standard InChI is InChI=1S/C18H15ClF4N2O3/c19-13-6-12(17(26)27)14(20)7-15(13)28-9-11-2-1-5-25(11)10-3-4-16(24-8-10)18(21,22)23/h3-4,6-8,11H,1-2,5,9H2,(H,26,27)/t11-/m1/s1. The molecule has 150 valence electrons. The number of aromatic nitrogens is 1. The van der Waals surface area contributed by atoms with Crippen molar-refractivity contribution in [3.63, 3.8) is 0 Å². The second-order valence-corrected chi connectivity index (χ2v) is 6.67. The number of benzene rings is 1. The Morgan fingerprint density at radius 3 is 2.71 bits per heavy atom. The maximum atomic E-state index is 13.8. The summed E-state index contributed by atoms with van der Waals surface area (Å²) in [6.07, 6.45) is -1.83. The smallest absolute Gasteiger partial charge is 0.433 e. The number of carboxylic acid groups (broad SMARTS) is 1. The second-order valence-electron chi connectivity index (χ2n) is 6.27. The summed E-state index contributed by atoms with van der Waals surface area (Å²) in [6, 6.07) is 3.98. The molecule has 0 unspecified atom stereocenters. The van der Waals surface area contributed by atoms with Gasteiger partial charge in [-0.05, 0) is 31.0 Å². The van der Waals surface area contributed by atoms with Gasteiger partial charge in [0.25, 0.3) is 0 Å². The molecular weight excluding hydrogens is 404 g/mol. The van der Waals surface area contributed by atoms with Crippen molar-refractivity contribution in [2.75, 3.05) is 18.1 Å². The number of nitrogens with zero attached hydrogens (tertiary/aromatic N) is 2. The molecule has 1 aromatic carbocycles. The predicted octanol–water partition coefficient (Wildman–Crippen LogP) is 4.64. The maximum absolute atomic E-state index is 13.8. The molecule has 0 radical (unpaired) electrons. The van der Waals surface area contributed by atoms with E-state index in [0.29, 0.717) is 18.7 Å². The van der Waals surface area contributed by atoms with Crippen LogP contribution in [-0.4, -0.2) is 35.3 Å². The van der Waals surface area contributed by atoms with Crippen LogP contribution in [0.15, 0.2) is 30.5 Å². The summed E-state index contributed by atoms with van der Waals surface area (Å²) in [6.45, 7) is 0.716. The first-order valence-corrected chi connectivity index (χ1v) is 8.69. The number of anilines is 1. The van der Waals surface area contributed by atoms with Crippen molar-refractivity contribution in [1.82, 2.24) is 4.98 Å². The lowest BCUT2D eigenvalue weighted by Gasteiger charge is -2.27. The van der Waals surface area contributed by atoms with E-state index >= 15 is 0 Å². The molecule has 1 atom stereocenters. The van der Waals surface area contributed by atoms with Crippen molar-refractivity contribution in [3.8, 4) is 5.75 Å². The molecule has 0 amide bonds. The highest BCUT2D eigenvalue weighted by Gasteiger charge is 2.33. The molecule has 1 saturated heterocycles. The number of ether oxygens (including phenoxy) is 1. The summed E-state index contributed by atoms with van der Waals surface area (Å²) in [5.74, 6) is -2.41. The molecule has 1 aliphatic rings. The zero-order valence-corrected chi connectivity index (χ0v) is 15.1. The number of hydrogen-bond donors (Lipinski definition) is 1. The Morgan fingerprint density at radius 1 is 1.36 bits per heavy atom. The first-order chi connectivity index (χ1) is 13.2. The van der Waals surface area contributed by atoms with Crippen LogP contribution < -0.4 is 9.64 Å². The molecule has 28 heavy (non-hydrogen) atoms. The van der Waals surface area contributed by atoms with Gasteiger partial charge in [-0.15, -0.1) is 0 Å². The van der Waals surface area contributed by atoms with Gasteiger partial charge in [-0.2, -0.15) is 13.2 Å². The highest BCUT2D eigenvalue weighted by atomic mass is 35.5.